The van der Waals surface area contributed by atoms with E-state index in [-0.39, 0.29) is 10.6 Å². The van der Waals surface area contributed by atoms with Gasteiger partial charge in [0.05, 0.1) is 11.1 Å². The minimum absolute atomic E-state index is 0.0150. The second kappa shape index (κ2) is 5.69. The molecule has 1 aliphatic carbocycles. The molecule has 0 radical (unpaired) electrons. The highest BCUT2D eigenvalue weighted by molar-refractivity contribution is 7.17. The van der Waals surface area contributed by atoms with Gasteiger partial charge in [0, 0.05) is 4.88 Å². The number of rotatable bonds is 3. The monoisotopic (exact) mass is 341 g/mol. The van der Waals surface area contributed by atoms with Crippen LogP contribution in [-0.4, -0.2) is 17.0 Å². The number of aromatic carboxylic acids is 1. The summed E-state index contributed by atoms with van der Waals surface area (Å²) in [5, 5.41) is 11.7. The third-order valence-corrected chi connectivity index (χ3v) is 4.85. The second-order valence-electron chi connectivity index (χ2n) is 5.04. The summed E-state index contributed by atoms with van der Waals surface area (Å²) in [5.74, 6) is -6.97. The first-order chi connectivity index (χ1) is 10.9. The average molecular weight is 341 g/mol. The molecule has 2 N–H and O–H groups in total. The lowest BCUT2D eigenvalue weighted by Gasteiger charge is -2.07. The Morgan fingerprint density at radius 2 is 1.87 bits per heavy atom. The molecule has 1 aromatic carbocycles. The smallest absolute Gasteiger partial charge is 0.339 e. The van der Waals surface area contributed by atoms with Gasteiger partial charge in [0.1, 0.15) is 5.00 Å². The molecule has 0 bridgehead atoms. The fourth-order valence-corrected chi connectivity index (χ4v) is 3.87. The largest absolute Gasteiger partial charge is 0.478 e. The fourth-order valence-electron chi connectivity index (χ4n) is 2.59. The second-order valence-corrected chi connectivity index (χ2v) is 6.15. The number of carboxylic acid groups (broad SMARTS) is 1. The van der Waals surface area contributed by atoms with Gasteiger partial charge in [-0.2, -0.15) is 0 Å². The molecule has 0 saturated carbocycles. The molecule has 120 valence electrons. The zero-order chi connectivity index (χ0) is 16.7. The summed E-state index contributed by atoms with van der Waals surface area (Å²) in [6, 6.07) is 1.45. The molecule has 0 spiro atoms. The summed E-state index contributed by atoms with van der Waals surface area (Å²) in [6.07, 6.45) is 2.16. The number of halogens is 3. The van der Waals surface area contributed by atoms with Gasteiger partial charge in [-0.1, -0.05) is 0 Å². The first kappa shape index (κ1) is 15.5. The van der Waals surface area contributed by atoms with Crippen LogP contribution in [0.1, 0.15) is 37.6 Å². The van der Waals surface area contributed by atoms with Gasteiger partial charge >= 0.3 is 5.97 Å². The van der Waals surface area contributed by atoms with Crippen LogP contribution in [0.5, 0.6) is 0 Å². The summed E-state index contributed by atoms with van der Waals surface area (Å²) in [6.45, 7) is 0. The zero-order valence-electron chi connectivity index (χ0n) is 11.6. The Labute approximate surface area is 132 Å². The van der Waals surface area contributed by atoms with Crippen molar-refractivity contribution in [2.75, 3.05) is 5.32 Å². The van der Waals surface area contributed by atoms with Crippen LogP contribution >= 0.6 is 11.3 Å². The highest BCUT2D eigenvalue weighted by atomic mass is 32.1. The van der Waals surface area contributed by atoms with Gasteiger partial charge in [-0.05, 0) is 37.0 Å². The Morgan fingerprint density at radius 1 is 1.13 bits per heavy atom. The van der Waals surface area contributed by atoms with E-state index in [1.807, 2.05) is 0 Å². The SMILES string of the molecule is O=C(Nc1sc2c(c1C(=O)O)CCC2)c1ccc(F)c(F)c1F. The van der Waals surface area contributed by atoms with Crippen molar-refractivity contribution in [2.45, 2.75) is 19.3 Å². The Balaban J connectivity index is 1.96. The van der Waals surface area contributed by atoms with Crippen LogP contribution in [0, 0.1) is 17.5 Å². The van der Waals surface area contributed by atoms with E-state index in [0.717, 1.165) is 35.1 Å². The number of nitrogens with one attached hydrogen (secondary N) is 1. The molecule has 1 aliphatic rings. The quantitative estimate of drug-likeness (QED) is 0.838. The molecule has 0 atom stereocenters. The lowest BCUT2D eigenvalue weighted by Crippen LogP contribution is -2.16. The lowest BCUT2D eigenvalue weighted by molar-refractivity contribution is 0.0697. The minimum atomic E-state index is -1.75. The van der Waals surface area contributed by atoms with Gasteiger partial charge in [0.2, 0.25) is 0 Å². The number of aryl methyl sites for hydroxylation is 1. The van der Waals surface area contributed by atoms with Crippen LogP contribution in [0.2, 0.25) is 0 Å². The number of hydrogen-bond acceptors (Lipinski definition) is 3. The van der Waals surface area contributed by atoms with Gasteiger partial charge in [-0.15, -0.1) is 11.3 Å². The van der Waals surface area contributed by atoms with E-state index in [0.29, 0.717) is 18.1 Å². The normalized spacial score (nSPS) is 13.0. The molecule has 0 saturated heterocycles. The third kappa shape index (κ3) is 2.59. The van der Waals surface area contributed by atoms with Gasteiger partial charge in [0.25, 0.3) is 5.91 Å². The Morgan fingerprint density at radius 3 is 2.57 bits per heavy atom. The summed E-state index contributed by atoms with van der Waals surface area (Å²) >= 11 is 1.11. The lowest BCUT2D eigenvalue weighted by atomic mass is 10.1. The summed E-state index contributed by atoms with van der Waals surface area (Å²) in [7, 11) is 0. The molecule has 2 aromatic rings. The number of anilines is 1. The standard InChI is InChI=1S/C15H10F3NO3S/c16-8-5-4-7(11(17)12(8)18)13(20)19-14-10(15(21)22)6-2-1-3-9(6)23-14/h4-5H,1-3H2,(H,19,20)(H,21,22). The van der Waals surface area contributed by atoms with Crippen molar-refractivity contribution < 1.29 is 27.9 Å². The van der Waals surface area contributed by atoms with E-state index in [2.05, 4.69) is 5.32 Å². The van der Waals surface area contributed by atoms with Crippen LogP contribution in [-0.2, 0) is 12.8 Å². The number of carbonyl (C=O) groups excluding carboxylic acids is 1. The van der Waals surface area contributed by atoms with Crippen molar-refractivity contribution in [3.8, 4) is 0 Å². The topological polar surface area (TPSA) is 66.4 Å². The van der Waals surface area contributed by atoms with E-state index in [1.54, 1.807) is 0 Å². The van der Waals surface area contributed by atoms with E-state index in [9.17, 15) is 27.9 Å². The number of fused-ring (bicyclic) bond motifs is 1. The Bertz CT molecular complexity index is 832. The molecular formula is C15H10F3NO3S. The van der Waals surface area contributed by atoms with Gasteiger partial charge in [-0.25, -0.2) is 18.0 Å². The van der Waals surface area contributed by atoms with Crippen LogP contribution in [0.3, 0.4) is 0 Å². The third-order valence-electron chi connectivity index (χ3n) is 3.64. The molecule has 3 rings (SSSR count). The summed E-state index contributed by atoms with van der Waals surface area (Å²) in [4.78, 5) is 24.3. The summed E-state index contributed by atoms with van der Waals surface area (Å²) in [5.41, 5.74) is -0.0313. The minimum Gasteiger partial charge on any atom is -0.478 e. The number of amides is 1. The highest BCUT2D eigenvalue weighted by Crippen LogP contribution is 2.39. The van der Waals surface area contributed by atoms with Crippen LogP contribution in [0.4, 0.5) is 18.2 Å². The molecule has 1 heterocycles. The van der Waals surface area contributed by atoms with Gasteiger partial charge < -0.3 is 10.4 Å². The van der Waals surface area contributed by atoms with Crippen molar-refractivity contribution >= 4 is 28.2 Å². The van der Waals surface area contributed by atoms with Gasteiger partial charge in [0.15, 0.2) is 17.5 Å². The van der Waals surface area contributed by atoms with Crippen LogP contribution < -0.4 is 5.32 Å². The number of hydrogen-bond donors (Lipinski definition) is 2. The number of carboxylic acids is 1. The predicted molar refractivity (Wildman–Crippen MR) is 77.6 cm³/mol. The molecule has 1 amide bonds. The molecule has 8 heteroatoms. The number of thiophene rings is 1. The molecular weight excluding hydrogens is 331 g/mol. The molecule has 23 heavy (non-hydrogen) atoms. The number of carbonyl (C=O) groups is 2. The van der Waals surface area contributed by atoms with Gasteiger partial charge in [-0.3, -0.25) is 4.79 Å². The van der Waals surface area contributed by atoms with Crippen LogP contribution in [0.25, 0.3) is 0 Å². The number of benzene rings is 1. The zero-order valence-corrected chi connectivity index (χ0v) is 12.4. The van der Waals surface area contributed by atoms with Crippen molar-refractivity contribution in [3.05, 3.63) is 51.2 Å². The predicted octanol–water partition coefficient (Wildman–Crippen LogP) is 3.60. The average Bonchev–Trinajstić information content (AvgIpc) is 3.04. The molecule has 0 aliphatic heterocycles. The first-order valence-electron chi connectivity index (χ1n) is 6.72. The van der Waals surface area contributed by atoms with Crippen molar-refractivity contribution in [2.24, 2.45) is 0 Å². The van der Waals surface area contributed by atoms with E-state index < -0.39 is 34.9 Å². The van der Waals surface area contributed by atoms with Crippen molar-refractivity contribution in [1.29, 1.82) is 0 Å². The summed E-state index contributed by atoms with van der Waals surface area (Å²) < 4.78 is 39.8. The fraction of sp³-hybridized carbons (Fsp3) is 0.200. The Hall–Kier alpha value is -2.35. The highest BCUT2D eigenvalue weighted by Gasteiger charge is 2.28. The maximum absolute atomic E-state index is 13.6. The maximum Gasteiger partial charge on any atom is 0.339 e. The molecule has 4 nitrogen and oxygen atoms in total. The van der Waals surface area contributed by atoms with E-state index in [1.165, 1.54) is 0 Å². The van der Waals surface area contributed by atoms with E-state index >= 15 is 0 Å². The van der Waals surface area contributed by atoms with Crippen LogP contribution in [0.15, 0.2) is 12.1 Å². The molecule has 0 unspecified atom stereocenters. The van der Waals surface area contributed by atoms with E-state index in [4.69, 9.17) is 0 Å². The Kier molecular flexibility index (Phi) is 3.85. The van der Waals surface area contributed by atoms with Crippen molar-refractivity contribution in [3.63, 3.8) is 0 Å². The molecule has 0 fully saturated rings. The first-order valence-corrected chi connectivity index (χ1v) is 7.54. The molecule has 1 aromatic heterocycles. The maximum atomic E-state index is 13.6. The van der Waals surface area contributed by atoms with Crippen molar-refractivity contribution in [1.82, 2.24) is 0 Å².